The summed E-state index contributed by atoms with van der Waals surface area (Å²) in [4.78, 5) is 15.0. The maximum Gasteiger partial charge on any atom is 0.252 e. The number of pyridine rings is 1. The normalized spacial score (nSPS) is 12.0. The lowest BCUT2D eigenvalue weighted by Gasteiger charge is -2.04. The number of hydrogen-bond donors (Lipinski definition) is 0. The van der Waals surface area contributed by atoms with E-state index in [9.17, 15) is 0 Å². The molecule has 0 saturated heterocycles. The van der Waals surface area contributed by atoms with Crippen molar-refractivity contribution >= 4 is 34.6 Å². The molecule has 0 amide bonds. The van der Waals surface area contributed by atoms with Gasteiger partial charge in [-0.05, 0) is 49.2 Å². The molecule has 0 aliphatic carbocycles. The van der Waals surface area contributed by atoms with E-state index < -0.39 is 0 Å². The summed E-state index contributed by atoms with van der Waals surface area (Å²) >= 11 is 11.8. The molecule has 0 aliphatic heterocycles. The fourth-order valence-corrected chi connectivity index (χ4v) is 2.47. The van der Waals surface area contributed by atoms with Gasteiger partial charge in [0.2, 0.25) is 0 Å². The number of halogens is 2. The summed E-state index contributed by atoms with van der Waals surface area (Å²) < 4.78 is 0. The molecule has 0 N–H and O–H groups in total. The van der Waals surface area contributed by atoms with Gasteiger partial charge < -0.3 is 9.68 Å². The van der Waals surface area contributed by atoms with Crippen molar-refractivity contribution in [2.24, 2.45) is 10.3 Å². The van der Waals surface area contributed by atoms with Crippen molar-refractivity contribution in [3.63, 3.8) is 0 Å². The first-order valence-electron chi connectivity index (χ1n) is 8.43. The number of nitrogens with zero attached hydrogens (tertiary/aromatic N) is 3. The Balaban J connectivity index is 1.66. The first-order chi connectivity index (χ1) is 13.5. The number of rotatable bonds is 6. The Labute approximate surface area is 173 Å². The van der Waals surface area contributed by atoms with Gasteiger partial charge in [0, 0.05) is 22.2 Å². The molecule has 0 saturated carbocycles. The van der Waals surface area contributed by atoms with Crippen molar-refractivity contribution in [1.29, 1.82) is 0 Å². The molecule has 0 aliphatic rings. The Morgan fingerprint density at radius 2 is 1.07 bits per heavy atom. The van der Waals surface area contributed by atoms with Crippen molar-refractivity contribution < 1.29 is 9.68 Å². The van der Waals surface area contributed by atoms with E-state index in [1.165, 1.54) is 0 Å². The van der Waals surface area contributed by atoms with Crippen LogP contribution in [-0.2, 0) is 0 Å². The third-order valence-corrected chi connectivity index (χ3v) is 4.28. The second-order valence-electron chi connectivity index (χ2n) is 5.86. The molecule has 0 bridgehead atoms. The Kier molecular flexibility index (Phi) is 6.63. The van der Waals surface area contributed by atoms with Crippen LogP contribution in [0.25, 0.3) is 0 Å². The molecule has 3 rings (SSSR count). The highest BCUT2D eigenvalue weighted by Crippen LogP contribution is 2.16. The van der Waals surface area contributed by atoms with Crippen LogP contribution in [-0.4, -0.2) is 16.4 Å². The minimum Gasteiger partial charge on any atom is -0.336 e. The number of hydrogen-bond acceptors (Lipinski definition) is 5. The SMILES string of the molecule is C/C(=N\Oc1cccc(O/N=C(\C)c2ccc(Cl)cc2)n1)c1ccc(Cl)cc1. The molecule has 0 radical (unpaired) electrons. The summed E-state index contributed by atoms with van der Waals surface area (Å²) in [6.07, 6.45) is 0. The molecule has 1 aromatic heterocycles. The molecule has 142 valence electrons. The van der Waals surface area contributed by atoms with Gasteiger partial charge in [-0.15, -0.1) is 0 Å². The molecule has 1 heterocycles. The van der Waals surface area contributed by atoms with Crippen LogP contribution in [0.1, 0.15) is 25.0 Å². The maximum absolute atomic E-state index is 5.89. The zero-order chi connectivity index (χ0) is 19.9. The monoisotopic (exact) mass is 413 g/mol. The Hall–Kier alpha value is -2.89. The molecule has 0 atom stereocenters. The minimum atomic E-state index is 0.296. The molecule has 3 aromatic rings. The quantitative estimate of drug-likeness (QED) is 0.368. The number of benzene rings is 2. The predicted octanol–water partition coefficient (Wildman–Crippen LogP) is 5.99. The predicted molar refractivity (Wildman–Crippen MR) is 113 cm³/mol. The lowest BCUT2D eigenvalue weighted by molar-refractivity contribution is 0.299. The summed E-state index contributed by atoms with van der Waals surface area (Å²) in [6.45, 7) is 3.67. The van der Waals surface area contributed by atoms with Crippen molar-refractivity contribution in [3.8, 4) is 11.8 Å². The van der Waals surface area contributed by atoms with Gasteiger partial charge in [0.15, 0.2) is 0 Å². The van der Waals surface area contributed by atoms with E-state index in [0.717, 1.165) is 11.1 Å². The summed E-state index contributed by atoms with van der Waals surface area (Å²) in [7, 11) is 0. The van der Waals surface area contributed by atoms with E-state index in [2.05, 4.69) is 15.3 Å². The molecule has 5 nitrogen and oxygen atoms in total. The van der Waals surface area contributed by atoms with Gasteiger partial charge in [-0.25, -0.2) is 0 Å². The van der Waals surface area contributed by atoms with E-state index in [-0.39, 0.29) is 0 Å². The third-order valence-electron chi connectivity index (χ3n) is 3.77. The summed E-state index contributed by atoms with van der Waals surface area (Å²) in [5.41, 5.74) is 3.20. The van der Waals surface area contributed by atoms with Gasteiger partial charge >= 0.3 is 0 Å². The van der Waals surface area contributed by atoms with Crippen LogP contribution in [0.15, 0.2) is 77.0 Å². The number of aromatic nitrogens is 1. The molecular formula is C21H17Cl2N3O2. The van der Waals surface area contributed by atoms with Crippen molar-refractivity contribution in [3.05, 3.63) is 87.9 Å². The highest BCUT2D eigenvalue weighted by Gasteiger charge is 2.03. The zero-order valence-electron chi connectivity index (χ0n) is 15.3. The van der Waals surface area contributed by atoms with E-state index >= 15 is 0 Å². The molecular weight excluding hydrogens is 397 g/mol. The summed E-state index contributed by atoms with van der Waals surface area (Å²) in [5, 5.41) is 9.52. The van der Waals surface area contributed by atoms with Crippen LogP contribution in [0.2, 0.25) is 10.0 Å². The Morgan fingerprint density at radius 3 is 1.46 bits per heavy atom. The van der Waals surface area contributed by atoms with E-state index in [4.69, 9.17) is 32.9 Å². The minimum absolute atomic E-state index is 0.296. The first kappa shape index (κ1) is 19.9. The standard InChI is InChI=1S/C21H17Cl2N3O2/c1-14(16-6-10-18(22)11-7-16)25-27-20-4-3-5-21(24-20)28-26-15(2)17-8-12-19(23)13-9-17/h3-13H,1-2H3/b25-14+,26-15+. The van der Waals surface area contributed by atoms with E-state index in [0.29, 0.717) is 33.2 Å². The zero-order valence-corrected chi connectivity index (χ0v) is 16.8. The van der Waals surface area contributed by atoms with Gasteiger partial charge in [0.05, 0.1) is 11.4 Å². The highest BCUT2D eigenvalue weighted by atomic mass is 35.5. The molecule has 2 aromatic carbocycles. The van der Waals surface area contributed by atoms with Gasteiger partial charge in [0.1, 0.15) is 0 Å². The second kappa shape index (κ2) is 9.35. The largest absolute Gasteiger partial charge is 0.336 e. The highest BCUT2D eigenvalue weighted by molar-refractivity contribution is 6.31. The number of oxime groups is 2. The van der Waals surface area contributed by atoms with Gasteiger partial charge in [0.25, 0.3) is 11.8 Å². The third kappa shape index (κ3) is 5.55. The Bertz CT molecular complexity index is 922. The van der Waals surface area contributed by atoms with Gasteiger partial charge in [-0.2, -0.15) is 4.98 Å². The van der Waals surface area contributed by atoms with Crippen LogP contribution >= 0.6 is 23.2 Å². The topological polar surface area (TPSA) is 56.1 Å². The lowest BCUT2D eigenvalue weighted by Crippen LogP contribution is -2.00. The van der Waals surface area contributed by atoms with Crippen LogP contribution in [0.3, 0.4) is 0 Å². The van der Waals surface area contributed by atoms with E-state index in [1.54, 1.807) is 42.5 Å². The first-order valence-corrected chi connectivity index (χ1v) is 9.19. The van der Waals surface area contributed by atoms with Crippen LogP contribution in [0.5, 0.6) is 11.8 Å². The van der Waals surface area contributed by atoms with Crippen molar-refractivity contribution in [2.45, 2.75) is 13.8 Å². The average molecular weight is 414 g/mol. The van der Waals surface area contributed by atoms with Crippen molar-refractivity contribution in [2.75, 3.05) is 0 Å². The van der Waals surface area contributed by atoms with Crippen LogP contribution < -0.4 is 9.68 Å². The van der Waals surface area contributed by atoms with Crippen molar-refractivity contribution in [1.82, 2.24) is 4.98 Å². The second-order valence-corrected chi connectivity index (χ2v) is 6.74. The Morgan fingerprint density at radius 1 is 0.679 bits per heavy atom. The van der Waals surface area contributed by atoms with Crippen LogP contribution in [0, 0.1) is 0 Å². The van der Waals surface area contributed by atoms with Gasteiger partial charge in [-0.3, -0.25) is 0 Å². The fourth-order valence-electron chi connectivity index (χ4n) is 2.22. The average Bonchev–Trinajstić information content (AvgIpc) is 2.71. The molecule has 7 heteroatoms. The molecule has 28 heavy (non-hydrogen) atoms. The molecule has 0 unspecified atom stereocenters. The maximum atomic E-state index is 5.89. The molecule has 0 spiro atoms. The smallest absolute Gasteiger partial charge is 0.252 e. The van der Waals surface area contributed by atoms with Crippen LogP contribution in [0.4, 0.5) is 0 Å². The van der Waals surface area contributed by atoms with E-state index in [1.807, 2.05) is 38.1 Å². The summed E-state index contributed by atoms with van der Waals surface area (Å²) in [6, 6.07) is 19.8. The van der Waals surface area contributed by atoms with Gasteiger partial charge in [-0.1, -0.05) is 63.8 Å². The summed E-state index contributed by atoms with van der Waals surface area (Å²) in [5.74, 6) is 0.593. The fraction of sp³-hybridized carbons (Fsp3) is 0.0952. The molecule has 0 fully saturated rings. The lowest BCUT2D eigenvalue weighted by atomic mass is 10.1.